The minimum atomic E-state index is -0.308. The maximum atomic E-state index is 11.9. The van der Waals surface area contributed by atoms with E-state index >= 15 is 0 Å². The van der Waals surface area contributed by atoms with Gasteiger partial charge in [-0.3, -0.25) is 9.48 Å². The molecule has 0 bridgehead atoms. The molecule has 0 aromatic carbocycles. The molecule has 1 aromatic rings. The van der Waals surface area contributed by atoms with Gasteiger partial charge in [-0.25, -0.2) is 0 Å². The van der Waals surface area contributed by atoms with E-state index in [4.69, 9.17) is 15.2 Å². The van der Waals surface area contributed by atoms with Crippen LogP contribution < -0.4 is 11.1 Å². The summed E-state index contributed by atoms with van der Waals surface area (Å²) >= 11 is 0. The molecule has 1 unspecified atom stereocenters. The van der Waals surface area contributed by atoms with Gasteiger partial charge in [0.25, 0.3) is 5.91 Å². The van der Waals surface area contributed by atoms with E-state index in [0.29, 0.717) is 25.4 Å². The van der Waals surface area contributed by atoms with E-state index in [1.54, 1.807) is 25.1 Å². The number of nitrogens with two attached hydrogens (primary N) is 1. The average molecular weight is 256 g/mol. The fraction of sp³-hybridized carbons (Fsp3) is 0.636. The van der Waals surface area contributed by atoms with Gasteiger partial charge in [-0.2, -0.15) is 5.10 Å². The number of nitrogen functional groups attached to an aromatic ring is 1. The molecule has 1 aromatic heterocycles. The first-order chi connectivity index (χ1) is 8.62. The fourth-order valence-electron chi connectivity index (χ4n) is 1.46. The van der Waals surface area contributed by atoms with Gasteiger partial charge < -0.3 is 20.5 Å². The van der Waals surface area contributed by atoms with E-state index in [0.717, 1.165) is 0 Å². The number of nitrogens with zero attached hydrogens (tertiary/aromatic N) is 2. The maximum absolute atomic E-state index is 11.9. The van der Waals surface area contributed by atoms with Gasteiger partial charge in [0.2, 0.25) is 0 Å². The molecule has 1 rings (SSSR count). The van der Waals surface area contributed by atoms with Gasteiger partial charge in [0.15, 0.2) is 5.69 Å². The van der Waals surface area contributed by atoms with Crippen LogP contribution in [0.4, 0.5) is 5.69 Å². The summed E-state index contributed by atoms with van der Waals surface area (Å²) < 4.78 is 11.7. The van der Waals surface area contributed by atoms with Crippen LogP contribution in [0.1, 0.15) is 17.4 Å². The highest BCUT2D eigenvalue weighted by Crippen LogP contribution is 2.08. The Morgan fingerprint density at radius 1 is 1.61 bits per heavy atom. The monoisotopic (exact) mass is 256 g/mol. The number of rotatable bonds is 7. The van der Waals surface area contributed by atoms with Crippen molar-refractivity contribution in [1.82, 2.24) is 15.1 Å². The maximum Gasteiger partial charge on any atom is 0.274 e. The molecule has 18 heavy (non-hydrogen) atoms. The molecule has 0 saturated heterocycles. The van der Waals surface area contributed by atoms with Crippen LogP contribution in [0.2, 0.25) is 0 Å². The van der Waals surface area contributed by atoms with E-state index in [2.05, 4.69) is 10.4 Å². The predicted molar refractivity (Wildman–Crippen MR) is 67.3 cm³/mol. The van der Waals surface area contributed by atoms with Crippen LogP contribution >= 0.6 is 0 Å². The number of aryl methyl sites for hydroxylation is 1. The van der Waals surface area contributed by atoms with E-state index < -0.39 is 0 Å². The number of amides is 1. The van der Waals surface area contributed by atoms with Crippen molar-refractivity contribution in [2.45, 2.75) is 19.6 Å². The third-order valence-electron chi connectivity index (χ3n) is 2.51. The van der Waals surface area contributed by atoms with Gasteiger partial charge in [0, 0.05) is 33.5 Å². The molecule has 1 atom stereocenters. The van der Waals surface area contributed by atoms with Crippen LogP contribution in [0.25, 0.3) is 0 Å². The third-order valence-corrected chi connectivity index (χ3v) is 2.51. The summed E-state index contributed by atoms with van der Waals surface area (Å²) in [6.45, 7) is 3.35. The van der Waals surface area contributed by atoms with Crippen molar-refractivity contribution in [3.63, 3.8) is 0 Å². The topological polar surface area (TPSA) is 91.4 Å². The quantitative estimate of drug-likeness (QED) is 0.709. The molecule has 0 aliphatic carbocycles. The Balaban J connectivity index is 2.56. The first-order valence-electron chi connectivity index (χ1n) is 5.75. The molecular formula is C11H20N4O3. The van der Waals surface area contributed by atoms with Gasteiger partial charge in [-0.1, -0.05) is 0 Å². The molecular weight excluding hydrogens is 236 g/mol. The predicted octanol–water partition coefficient (Wildman–Crippen LogP) is -0.124. The average Bonchev–Trinajstić information content (AvgIpc) is 2.75. The number of carbonyl (C=O) groups excluding carboxylic acids is 1. The normalized spacial score (nSPS) is 12.4. The minimum Gasteiger partial charge on any atom is -0.396 e. The Labute approximate surface area is 106 Å². The highest BCUT2D eigenvalue weighted by Gasteiger charge is 2.16. The minimum absolute atomic E-state index is 0.187. The Morgan fingerprint density at radius 2 is 2.33 bits per heavy atom. The van der Waals surface area contributed by atoms with Crippen molar-refractivity contribution < 1.29 is 14.3 Å². The van der Waals surface area contributed by atoms with Gasteiger partial charge in [-0.05, 0) is 6.92 Å². The van der Waals surface area contributed by atoms with Gasteiger partial charge in [-0.15, -0.1) is 0 Å². The summed E-state index contributed by atoms with van der Waals surface area (Å²) in [5.41, 5.74) is 6.33. The standard InChI is InChI=1S/C11H20N4O3/c1-4-15-6-9(12)10(14-15)11(16)13-5-8(18-3)7-17-2/h6,8H,4-5,7,12H2,1-3H3,(H,13,16). The lowest BCUT2D eigenvalue weighted by Crippen LogP contribution is -2.36. The van der Waals surface area contributed by atoms with E-state index in [9.17, 15) is 4.79 Å². The Morgan fingerprint density at radius 3 is 2.83 bits per heavy atom. The van der Waals surface area contributed by atoms with Crippen LogP contribution in [0.3, 0.4) is 0 Å². The second-order valence-corrected chi connectivity index (χ2v) is 3.81. The third kappa shape index (κ3) is 3.71. The first-order valence-corrected chi connectivity index (χ1v) is 5.75. The second kappa shape index (κ2) is 6.97. The van der Waals surface area contributed by atoms with Crippen LogP contribution in [0.15, 0.2) is 6.20 Å². The van der Waals surface area contributed by atoms with E-state index in [-0.39, 0.29) is 17.7 Å². The Hall–Kier alpha value is -1.60. The highest BCUT2D eigenvalue weighted by molar-refractivity contribution is 5.96. The zero-order valence-electron chi connectivity index (χ0n) is 11.0. The number of ether oxygens (including phenoxy) is 2. The van der Waals surface area contributed by atoms with Gasteiger partial charge >= 0.3 is 0 Å². The Bertz CT molecular complexity index is 392. The number of hydrogen-bond donors (Lipinski definition) is 2. The number of methoxy groups -OCH3 is 2. The van der Waals surface area contributed by atoms with Gasteiger partial charge in [0.1, 0.15) is 0 Å². The number of carbonyl (C=O) groups is 1. The smallest absolute Gasteiger partial charge is 0.274 e. The largest absolute Gasteiger partial charge is 0.396 e. The lowest BCUT2D eigenvalue weighted by atomic mass is 10.3. The zero-order valence-corrected chi connectivity index (χ0v) is 11.0. The fourth-order valence-corrected chi connectivity index (χ4v) is 1.46. The lowest BCUT2D eigenvalue weighted by Gasteiger charge is -2.14. The van der Waals surface area contributed by atoms with Crippen molar-refractivity contribution >= 4 is 11.6 Å². The molecule has 102 valence electrons. The highest BCUT2D eigenvalue weighted by atomic mass is 16.5. The number of hydrogen-bond acceptors (Lipinski definition) is 5. The molecule has 0 aliphatic rings. The molecule has 1 amide bonds. The molecule has 0 spiro atoms. The number of nitrogens with one attached hydrogen (secondary N) is 1. The second-order valence-electron chi connectivity index (χ2n) is 3.81. The summed E-state index contributed by atoms with van der Waals surface area (Å²) in [5, 5.41) is 6.80. The van der Waals surface area contributed by atoms with Crippen molar-refractivity contribution in [3.05, 3.63) is 11.9 Å². The SMILES string of the molecule is CCn1cc(N)c(C(=O)NCC(COC)OC)n1. The molecule has 0 saturated carbocycles. The van der Waals surface area contributed by atoms with E-state index in [1.165, 1.54) is 0 Å². The number of anilines is 1. The Kier molecular flexibility index (Phi) is 5.60. The van der Waals surface area contributed by atoms with Crippen molar-refractivity contribution in [3.8, 4) is 0 Å². The summed E-state index contributed by atoms with van der Waals surface area (Å²) in [7, 11) is 3.14. The molecule has 3 N–H and O–H groups in total. The van der Waals surface area contributed by atoms with Crippen molar-refractivity contribution in [2.24, 2.45) is 0 Å². The molecule has 0 fully saturated rings. The van der Waals surface area contributed by atoms with Crippen LogP contribution in [-0.2, 0) is 16.0 Å². The van der Waals surface area contributed by atoms with Crippen molar-refractivity contribution in [2.75, 3.05) is 33.1 Å². The number of aromatic nitrogens is 2. The summed E-state index contributed by atoms with van der Waals surface area (Å²) in [6.07, 6.45) is 1.45. The van der Waals surface area contributed by atoms with Gasteiger partial charge in [0.05, 0.1) is 18.4 Å². The molecule has 1 heterocycles. The van der Waals surface area contributed by atoms with Crippen LogP contribution in [0.5, 0.6) is 0 Å². The van der Waals surface area contributed by atoms with Crippen LogP contribution in [-0.4, -0.2) is 49.2 Å². The molecule has 7 nitrogen and oxygen atoms in total. The first kappa shape index (κ1) is 14.5. The summed E-state index contributed by atoms with van der Waals surface area (Å²) in [6, 6.07) is 0. The summed E-state index contributed by atoms with van der Waals surface area (Å²) in [5.74, 6) is -0.308. The van der Waals surface area contributed by atoms with E-state index in [1.807, 2.05) is 6.92 Å². The van der Waals surface area contributed by atoms with Crippen LogP contribution in [0, 0.1) is 0 Å². The lowest BCUT2D eigenvalue weighted by molar-refractivity contribution is 0.0285. The molecule has 7 heteroatoms. The zero-order chi connectivity index (χ0) is 13.5. The molecule has 0 aliphatic heterocycles. The summed E-state index contributed by atoms with van der Waals surface area (Å²) in [4.78, 5) is 11.9. The van der Waals surface area contributed by atoms with Crippen molar-refractivity contribution in [1.29, 1.82) is 0 Å². The molecule has 0 radical (unpaired) electrons.